The van der Waals surface area contributed by atoms with Gasteiger partial charge in [0.2, 0.25) is 0 Å². The van der Waals surface area contributed by atoms with Gasteiger partial charge in [0.25, 0.3) is 0 Å². The Balaban J connectivity index is 2.12. The highest BCUT2D eigenvalue weighted by atomic mass is 32.2. The Kier molecular flexibility index (Phi) is 4.42. The van der Waals surface area contributed by atoms with E-state index in [1.807, 2.05) is 6.20 Å². The summed E-state index contributed by atoms with van der Waals surface area (Å²) in [5.74, 6) is 0.978. The van der Waals surface area contributed by atoms with Crippen molar-refractivity contribution in [3.8, 4) is 10.6 Å². The largest absolute Gasteiger partial charge is 0.359 e. The molecule has 17 heavy (non-hydrogen) atoms. The second kappa shape index (κ2) is 5.84. The highest BCUT2D eigenvalue weighted by Gasteiger charge is 2.08. The molecule has 0 fully saturated rings. The molecule has 0 aliphatic carbocycles. The van der Waals surface area contributed by atoms with Gasteiger partial charge in [-0.3, -0.25) is 0 Å². The van der Waals surface area contributed by atoms with Gasteiger partial charge in [-0.05, 0) is 20.1 Å². The van der Waals surface area contributed by atoms with Crippen molar-refractivity contribution in [2.24, 2.45) is 0 Å². The molecule has 0 radical (unpaired) electrons. The first-order valence-corrected chi connectivity index (χ1v) is 8.44. The summed E-state index contributed by atoms with van der Waals surface area (Å²) in [5, 5.41) is 7.55. The Labute approximate surface area is 114 Å². The van der Waals surface area contributed by atoms with Crippen LogP contribution in [0.2, 0.25) is 0 Å². The van der Waals surface area contributed by atoms with E-state index in [0.29, 0.717) is 6.04 Å². The summed E-state index contributed by atoms with van der Waals surface area (Å²) in [6.45, 7) is 4.23. The van der Waals surface area contributed by atoms with Crippen LogP contribution >= 0.6 is 34.4 Å². The zero-order chi connectivity index (χ0) is 12.3. The average molecular weight is 285 g/mol. The maximum absolute atomic E-state index is 4.57. The summed E-state index contributed by atoms with van der Waals surface area (Å²) < 4.78 is 0. The standard InChI is InChI=1S/C11H15N3S3/c1-7(2)13-11-14-8(5-16-11)9-4-12-10(17-9)6-15-3/h4-5,7H,6H2,1-3H3,(H,13,14). The zero-order valence-electron chi connectivity index (χ0n) is 10.1. The molecule has 0 saturated carbocycles. The fourth-order valence-electron chi connectivity index (χ4n) is 1.32. The predicted molar refractivity (Wildman–Crippen MR) is 79.2 cm³/mol. The predicted octanol–water partition coefficient (Wildman–Crippen LogP) is 3.95. The molecule has 0 atom stereocenters. The van der Waals surface area contributed by atoms with Gasteiger partial charge in [-0.2, -0.15) is 11.8 Å². The van der Waals surface area contributed by atoms with Crippen molar-refractivity contribution in [1.29, 1.82) is 0 Å². The van der Waals surface area contributed by atoms with Gasteiger partial charge in [-0.25, -0.2) is 9.97 Å². The molecule has 92 valence electrons. The van der Waals surface area contributed by atoms with Gasteiger partial charge in [-0.15, -0.1) is 22.7 Å². The minimum Gasteiger partial charge on any atom is -0.359 e. The summed E-state index contributed by atoms with van der Waals surface area (Å²) in [7, 11) is 0. The van der Waals surface area contributed by atoms with Crippen LogP contribution in [0.5, 0.6) is 0 Å². The number of thiazole rings is 2. The minimum atomic E-state index is 0.419. The zero-order valence-corrected chi connectivity index (χ0v) is 12.5. The van der Waals surface area contributed by atoms with Crippen LogP contribution in [0.1, 0.15) is 18.9 Å². The molecule has 2 aromatic rings. The molecule has 0 aromatic carbocycles. The van der Waals surface area contributed by atoms with Gasteiger partial charge < -0.3 is 5.32 Å². The van der Waals surface area contributed by atoms with Crippen molar-refractivity contribution in [3.63, 3.8) is 0 Å². The monoisotopic (exact) mass is 285 g/mol. The number of thioether (sulfide) groups is 1. The lowest BCUT2D eigenvalue weighted by Gasteiger charge is -2.04. The third-order valence-corrected chi connectivity index (χ3v) is 4.53. The maximum Gasteiger partial charge on any atom is 0.183 e. The van der Waals surface area contributed by atoms with E-state index in [1.54, 1.807) is 34.4 Å². The van der Waals surface area contributed by atoms with Crippen molar-refractivity contribution >= 4 is 39.6 Å². The molecule has 2 rings (SSSR count). The Morgan fingerprint density at radius 3 is 3.00 bits per heavy atom. The van der Waals surface area contributed by atoms with Gasteiger partial charge in [0.1, 0.15) is 5.01 Å². The SMILES string of the molecule is CSCc1ncc(-c2csc(NC(C)C)n2)s1. The number of hydrogen-bond acceptors (Lipinski definition) is 6. The highest BCUT2D eigenvalue weighted by Crippen LogP contribution is 2.30. The molecule has 0 spiro atoms. The van der Waals surface area contributed by atoms with Crippen LogP contribution in [0.15, 0.2) is 11.6 Å². The van der Waals surface area contributed by atoms with Gasteiger partial charge in [-0.1, -0.05) is 0 Å². The number of nitrogens with one attached hydrogen (secondary N) is 1. The third kappa shape index (κ3) is 3.43. The Bertz CT molecular complexity index is 476. The lowest BCUT2D eigenvalue weighted by molar-refractivity contribution is 0.897. The first kappa shape index (κ1) is 12.9. The molecular weight excluding hydrogens is 270 g/mol. The molecule has 2 heterocycles. The Morgan fingerprint density at radius 1 is 1.47 bits per heavy atom. The molecule has 6 heteroatoms. The first-order chi connectivity index (χ1) is 8.19. The van der Waals surface area contributed by atoms with E-state index in [9.17, 15) is 0 Å². The second-order valence-corrected chi connectivity index (χ2v) is 6.73. The number of aromatic nitrogens is 2. The summed E-state index contributed by atoms with van der Waals surface area (Å²) in [4.78, 5) is 10.1. The van der Waals surface area contributed by atoms with Crippen LogP contribution in [0, 0.1) is 0 Å². The lowest BCUT2D eigenvalue weighted by atomic mass is 10.4. The highest BCUT2D eigenvalue weighted by molar-refractivity contribution is 7.97. The number of hydrogen-bond donors (Lipinski definition) is 1. The fourth-order valence-corrected chi connectivity index (χ4v) is 3.84. The van der Waals surface area contributed by atoms with Gasteiger partial charge in [0.05, 0.1) is 10.6 Å². The average Bonchev–Trinajstić information content (AvgIpc) is 2.86. The molecule has 0 saturated heterocycles. The van der Waals surface area contributed by atoms with E-state index in [2.05, 4.69) is 40.8 Å². The molecule has 0 aliphatic rings. The molecule has 0 aliphatic heterocycles. The Hall–Kier alpha value is -0.590. The van der Waals surface area contributed by atoms with Crippen molar-refractivity contribution in [2.75, 3.05) is 11.6 Å². The minimum absolute atomic E-state index is 0.419. The van der Waals surface area contributed by atoms with Crippen LogP contribution in [0.25, 0.3) is 10.6 Å². The van der Waals surface area contributed by atoms with Gasteiger partial charge in [0.15, 0.2) is 5.13 Å². The van der Waals surface area contributed by atoms with Crippen molar-refractivity contribution in [1.82, 2.24) is 9.97 Å². The van der Waals surface area contributed by atoms with Crippen molar-refractivity contribution < 1.29 is 0 Å². The molecule has 1 N–H and O–H groups in total. The number of anilines is 1. The van der Waals surface area contributed by atoms with E-state index in [-0.39, 0.29) is 0 Å². The molecule has 0 amide bonds. The van der Waals surface area contributed by atoms with Crippen LogP contribution in [0.3, 0.4) is 0 Å². The van der Waals surface area contributed by atoms with E-state index < -0.39 is 0 Å². The molecule has 0 bridgehead atoms. The van der Waals surface area contributed by atoms with Crippen LogP contribution < -0.4 is 5.32 Å². The van der Waals surface area contributed by atoms with Crippen LogP contribution in [0.4, 0.5) is 5.13 Å². The summed E-state index contributed by atoms with van der Waals surface area (Å²) in [6.07, 6.45) is 4.01. The molecule has 2 aromatic heterocycles. The first-order valence-electron chi connectivity index (χ1n) is 5.35. The second-order valence-electron chi connectivity index (χ2n) is 3.89. The number of rotatable bonds is 5. The molecular formula is C11H15N3S3. The topological polar surface area (TPSA) is 37.8 Å². The lowest BCUT2D eigenvalue weighted by Crippen LogP contribution is -2.08. The molecule has 3 nitrogen and oxygen atoms in total. The van der Waals surface area contributed by atoms with E-state index in [1.165, 1.54) is 5.01 Å². The van der Waals surface area contributed by atoms with E-state index in [0.717, 1.165) is 21.5 Å². The van der Waals surface area contributed by atoms with Gasteiger partial charge in [0, 0.05) is 23.4 Å². The summed E-state index contributed by atoms with van der Waals surface area (Å²) in [5.41, 5.74) is 1.03. The Morgan fingerprint density at radius 2 is 2.29 bits per heavy atom. The molecule has 0 unspecified atom stereocenters. The van der Waals surface area contributed by atoms with Crippen LogP contribution in [-0.4, -0.2) is 22.3 Å². The summed E-state index contributed by atoms with van der Waals surface area (Å²) >= 11 is 5.17. The van der Waals surface area contributed by atoms with Gasteiger partial charge >= 0.3 is 0 Å². The van der Waals surface area contributed by atoms with Crippen LogP contribution in [-0.2, 0) is 5.75 Å². The van der Waals surface area contributed by atoms with E-state index >= 15 is 0 Å². The third-order valence-electron chi connectivity index (χ3n) is 1.99. The fraction of sp³-hybridized carbons (Fsp3) is 0.455. The number of nitrogens with zero attached hydrogens (tertiary/aromatic N) is 2. The summed E-state index contributed by atoms with van der Waals surface area (Å²) in [6, 6.07) is 0.419. The normalized spacial score (nSPS) is 11.1. The smallest absolute Gasteiger partial charge is 0.183 e. The van der Waals surface area contributed by atoms with E-state index in [4.69, 9.17) is 0 Å². The van der Waals surface area contributed by atoms with Crippen molar-refractivity contribution in [2.45, 2.75) is 25.6 Å². The quantitative estimate of drug-likeness (QED) is 0.902. The maximum atomic E-state index is 4.57. The van der Waals surface area contributed by atoms with Crippen molar-refractivity contribution in [3.05, 3.63) is 16.6 Å².